The van der Waals surface area contributed by atoms with E-state index in [1.165, 1.54) is 6.42 Å². The Bertz CT molecular complexity index is 337. The highest BCUT2D eigenvalue weighted by molar-refractivity contribution is 5.53. The number of rotatable bonds is 6. The lowest BCUT2D eigenvalue weighted by atomic mass is 10.2. The fraction of sp³-hybridized carbons (Fsp3) is 0.615. The fourth-order valence-electron chi connectivity index (χ4n) is 1.94. The molecule has 0 saturated carbocycles. The Balaban J connectivity index is 1.82. The van der Waals surface area contributed by atoms with Crippen LogP contribution in [-0.4, -0.2) is 30.8 Å². The third-order valence-corrected chi connectivity index (χ3v) is 2.88. The topological polar surface area (TPSA) is 46.2 Å². The first-order valence-corrected chi connectivity index (χ1v) is 6.43. The van der Waals surface area contributed by atoms with Crippen molar-refractivity contribution in [2.24, 2.45) is 0 Å². The summed E-state index contributed by atoms with van der Waals surface area (Å²) >= 11 is 0. The Hall–Kier alpha value is -1.29. The van der Waals surface area contributed by atoms with Crippen LogP contribution in [0.1, 0.15) is 26.2 Å². The molecule has 2 N–H and O–H groups in total. The van der Waals surface area contributed by atoms with Crippen LogP contribution in [0.3, 0.4) is 0 Å². The van der Waals surface area contributed by atoms with Gasteiger partial charge in [0.15, 0.2) is 0 Å². The molecular formula is C13H21N3O. The SMILES string of the molecule is CCCNc1cncc(NCC2CCCO2)c1. The van der Waals surface area contributed by atoms with Gasteiger partial charge in [-0.1, -0.05) is 6.92 Å². The number of pyridine rings is 1. The molecule has 0 spiro atoms. The van der Waals surface area contributed by atoms with Gasteiger partial charge < -0.3 is 15.4 Å². The van der Waals surface area contributed by atoms with Gasteiger partial charge in [-0.25, -0.2) is 0 Å². The maximum Gasteiger partial charge on any atom is 0.0748 e. The predicted molar refractivity (Wildman–Crippen MR) is 70.5 cm³/mol. The summed E-state index contributed by atoms with van der Waals surface area (Å²) in [6.45, 7) is 4.92. The standard InChI is InChI=1S/C13H21N3O/c1-2-5-15-11-7-12(9-14-8-11)16-10-13-4-3-6-17-13/h7-9,13,15-16H,2-6,10H2,1H3. The summed E-state index contributed by atoms with van der Waals surface area (Å²) in [4.78, 5) is 4.22. The number of anilines is 2. The number of nitrogens with zero attached hydrogens (tertiary/aromatic N) is 1. The number of nitrogens with one attached hydrogen (secondary N) is 2. The first-order chi connectivity index (χ1) is 8.38. The van der Waals surface area contributed by atoms with E-state index in [9.17, 15) is 0 Å². The molecule has 1 aromatic rings. The fourth-order valence-corrected chi connectivity index (χ4v) is 1.94. The summed E-state index contributed by atoms with van der Waals surface area (Å²) in [6, 6.07) is 2.09. The molecule has 0 radical (unpaired) electrons. The molecule has 4 nitrogen and oxygen atoms in total. The van der Waals surface area contributed by atoms with E-state index < -0.39 is 0 Å². The number of ether oxygens (including phenoxy) is 1. The zero-order chi connectivity index (χ0) is 11.9. The summed E-state index contributed by atoms with van der Waals surface area (Å²) in [5.74, 6) is 0. The average molecular weight is 235 g/mol. The lowest BCUT2D eigenvalue weighted by molar-refractivity contribution is 0.120. The molecule has 94 valence electrons. The summed E-state index contributed by atoms with van der Waals surface area (Å²) < 4.78 is 5.57. The Kier molecular flexibility index (Phi) is 4.62. The Morgan fingerprint density at radius 1 is 1.35 bits per heavy atom. The van der Waals surface area contributed by atoms with Crippen LogP contribution < -0.4 is 10.6 Å². The third-order valence-electron chi connectivity index (χ3n) is 2.88. The highest BCUT2D eigenvalue weighted by Gasteiger charge is 2.14. The lowest BCUT2D eigenvalue weighted by Crippen LogP contribution is -2.18. The molecule has 0 bridgehead atoms. The molecule has 0 amide bonds. The highest BCUT2D eigenvalue weighted by atomic mass is 16.5. The smallest absolute Gasteiger partial charge is 0.0748 e. The van der Waals surface area contributed by atoms with Crippen LogP contribution in [-0.2, 0) is 4.74 Å². The molecule has 4 heteroatoms. The largest absolute Gasteiger partial charge is 0.384 e. The van der Waals surface area contributed by atoms with E-state index in [2.05, 4.69) is 28.6 Å². The van der Waals surface area contributed by atoms with Crippen LogP contribution in [0.15, 0.2) is 18.5 Å². The summed E-state index contributed by atoms with van der Waals surface area (Å²) in [7, 11) is 0. The van der Waals surface area contributed by atoms with Gasteiger partial charge in [0.2, 0.25) is 0 Å². The Labute approximate surface area is 103 Å². The molecule has 1 aliphatic heterocycles. The molecule has 1 fully saturated rings. The van der Waals surface area contributed by atoms with Crippen molar-refractivity contribution in [2.75, 3.05) is 30.3 Å². The molecule has 1 aromatic heterocycles. The lowest BCUT2D eigenvalue weighted by Gasteiger charge is -2.12. The van der Waals surface area contributed by atoms with Crippen molar-refractivity contribution in [3.8, 4) is 0 Å². The summed E-state index contributed by atoms with van der Waals surface area (Å²) in [5, 5.41) is 6.70. The molecule has 0 aromatic carbocycles. The summed E-state index contributed by atoms with van der Waals surface area (Å²) in [6.07, 6.45) is 7.53. The van der Waals surface area contributed by atoms with Crippen LogP contribution in [0.2, 0.25) is 0 Å². The molecule has 1 aliphatic rings. The second-order valence-electron chi connectivity index (χ2n) is 4.40. The quantitative estimate of drug-likeness (QED) is 0.795. The van der Waals surface area contributed by atoms with Crippen molar-refractivity contribution < 1.29 is 4.74 Å². The summed E-state index contributed by atoms with van der Waals surface area (Å²) in [5.41, 5.74) is 2.13. The van der Waals surface area contributed by atoms with Gasteiger partial charge in [-0.05, 0) is 25.3 Å². The molecule has 17 heavy (non-hydrogen) atoms. The number of hydrogen-bond acceptors (Lipinski definition) is 4. The first-order valence-electron chi connectivity index (χ1n) is 6.43. The zero-order valence-corrected chi connectivity index (χ0v) is 10.4. The van der Waals surface area contributed by atoms with E-state index in [0.29, 0.717) is 6.10 Å². The van der Waals surface area contributed by atoms with Crippen molar-refractivity contribution in [3.63, 3.8) is 0 Å². The van der Waals surface area contributed by atoms with E-state index in [-0.39, 0.29) is 0 Å². The zero-order valence-electron chi connectivity index (χ0n) is 10.4. The molecular weight excluding hydrogens is 214 g/mol. The first kappa shape index (κ1) is 12.2. The van der Waals surface area contributed by atoms with Gasteiger partial charge in [0.1, 0.15) is 0 Å². The maximum atomic E-state index is 5.57. The van der Waals surface area contributed by atoms with Gasteiger partial charge >= 0.3 is 0 Å². The van der Waals surface area contributed by atoms with E-state index in [0.717, 1.165) is 43.9 Å². The normalized spacial score (nSPS) is 19.2. The molecule has 1 saturated heterocycles. The minimum absolute atomic E-state index is 0.363. The van der Waals surface area contributed by atoms with Gasteiger partial charge in [0.05, 0.1) is 29.9 Å². The Morgan fingerprint density at radius 2 is 2.18 bits per heavy atom. The van der Waals surface area contributed by atoms with Gasteiger partial charge in [-0.2, -0.15) is 0 Å². The third kappa shape index (κ3) is 3.89. The Morgan fingerprint density at radius 3 is 2.88 bits per heavy atom. The molecule has 2 rings (SSSR count). The van der Waals surface area contributed by atoms with Gasteiger partial charge in [-0.3, -0.25) is 4.98 Å². The minimum Gasteiger partial charge on any atom is -0.384 e. The van der Waals surface area contributed by atoms with Crippen molar-refractivity contribution >= 4 is 11.4 Å². The van der Waals surface area contributed by atoms with Crippen LogP contribution in [0.5, 0.6) is 0 Å². The predicted octanol–water partition coefficient (Wildman–Crippen LogP) is 2.49. The van der Waals surface area contributed by atoms with Crippen LogP contribution >= 0.6 is 0 Å². The van der Waals surface area contributed by atoms with E-state index in [1.54, 1.807) is 0 Å². The maximum absolute atomic E-state index is 5.57. The van der Waals surface area contributed by atoms with E-state index in [4.69, 9.17) is 4.74 Å². The number of hydrogen-bond donors (Lipinski definition) is 2. The average Bonchev–Trinajstić information content (AvgIpc) is 2.87. The molecule has 2 heterocycles. The highest BCUT2D eigenvalue weighted by Crippen LogP contribution is 2.16. The van der Waals surface area contributed by atoms with E-state index in [1.807, 2.05) is 12.4 Å². The van der Waals surface area contributed by atoms with Gasteiger partial charge in [-0.15, -0.1) is 0 Å². The monoisotopic (exact) mass is 235 g/mol. The molecule has 1 atom stereocenters. The van der Waals surface area contributed by atoms with Crippen LogP contribution in [0.25, 0.3) is 0 Å². The van der Waals surface area contributed by atoms with Gasteiger partial charge in [0, 0.05) is 19.7 Å². The molecule has 1 unspecified atom stereocenters. The van der Waals surface area contributed by atoms with Crippen molar-refractivity contribution in [2.45, 2.75) is 32.3 Å². The van der Waals surface area contributed by atoms with Crippen LogP contribution in [0, 0.1) is 0 Å². The van der Waals surface area contributed by atoms with Crippen molar-refractivity contribution in [1.82, 2.24) is 4.98 Å². The van der Waals surface area contributed by atoms with E-state index >= 15 is 0 Å². The van der Waals surface area contributed by atoms with Crippen molar-refractivity contribution in [3.05, 3.63) is 18.5 Å². The number of aromatic nitrogens is 1. The van der Waals surface area contributed by atoms with Crippen molar-refractivity contribution in [1.29, 1.82) is 0 Å². The van der Waals surface area contributed by atoms with Crippen LogP contribution in [0.4, 0.5) is 11.4 Å². The minimum atomic E-state index is 0.363. The molecule has 0 aliphatic carbocycles. The second kappa shape index (κ2) is 6.45. The second-order valence-corrected chi connectivity index (χ2v) is 4.40. The van der Waals surface area contributed by atoms with Gasteiger partial charge in [0.25, 0.3) is 0 Å².